The molecule has 19 heteroatoms. The lowest BCUT2D eigenvalue weighted by molar-refractivity contribution is -0.251. The van der Waals surface area contributed by atoms with Gasteiger partial charge in [0.25, 0.3) is 0 Å². The number of nitrogens with two attached hydrogens (primary N) is 2. The molecule has 0 spiro atoms. The summed E-state index contributed by atoms with van der Waals surface area (Å²) in [5, 5.41) is 31.6. The Bertz CT molecular complexity index is 2110. The van der Waals surface area contributed by atoms with Crippen molar-refractivity contribution in [3.8, 4) is 11.1 Å². The van der Waals surface area contributed by atoms with Crippen LogP contribution in [0.4, 0.5) is 0 Å². The van der Waals surface area contributed by atoms with Crippen molar-refractivity contribution in [1.29, 1.82) is 0 Å². The van der Waals surface area contributed by atoms with Crippen LogP contribution in [-0.2, 0) is 43.0 Å². The molecule has 6 atom stereocenters. The van der Waals surface area contributed by atoms with Crippen molar-refractivity contribution in [2.75, 3.05) is 26.8 Å². The number of carboxylic acids is 1. The van der Waals surface area contributed by atoms with E-state index in [1.54, 1.807) is 0 Å². The highest BCUT2D eigenvalue weighted by atomic mass is 16.6. The number of carbonyl (C=O) groups excluding carboxylic acids is 6. The van der Waals surface area contributed by atoms with Crippen LogP contribution in [0, 0.1) is 5.92 Å². The van der Waals surface area contributed by atoms with E-state index in [-0.39, 0.29) is 89.4 Å². The van der Waals surface area contributed by atoms with Gasteiger partial charge in [0.15, 0.2) is 11.7 Å². The summed E-state index contributed by atoms with van der Waals surface area (Å²) in [7, 11) is 1.17. The van der Waals surface area contributed by atoms with Gasteiger partial charge in [0.2, 0.25) is 23.6 Å². The largest absolute Gasteiger partial charge is 0.599 e. The van der Waals surface area contributed by atoms with Crippen molar-refractivity contribution in [2.24, 2.45) is 27.4 Å². The van der Waals surface area contributed by atoms with Crippen LogP contribution in [0.1, 0.15) is 94.6 Å². The molecule has 2 aliphatic heterocycles. The fraction of sp³-hybridized carbons (Fsp3) is 0.500. The summed E-state index contributed by atoms with van der Waals surface area (Å²) in [6.07, 6.45) is 3.02. The number of benzene rings is 2. The van der Waals surface area contributed by atoms with Gasteiger partial charge in [0, 0.05) is 39.0 Å². The molecule has 2 saturated heterocycles. The van der Waals surface area contributed by atoms with Crippen LogP contribution >= 0.6 is 0 Å². The molecular weight excluding hydrogens is 841 g/mol. The Hall–Kier alpha value is -6.79. The summed E-state index contributed by atoms with van der Waals surface area (Å²) in [4.78, 5) is 102. The van der Waals surface area contributed by atoms with Crippen molar-refractivity contribution in [1.82, 2.24) is 20.9 Å². The summed E-state index contributed by atoms with van der Waals surface area (Å²) >= 11 is 0. The Balaban J connectivity index is 1.42. The van der Waals surface area contributed by atoms with E-state index >= 15 is 0 Å². The molecule has 65 heavy (non-hydrogen) atoms. The zero-order chi connectivity index (χ0) is 47.0. The number of guanidine groups is 1. The fourth-order valence-corrected chi connectivity index (χ4v) is 8.58. The van der Waals surface area contributed by atoms with Gasteiger partial charge in [-0.3, -0.25) is 38.8 Å². The smallest absolute Gasteiger partial charge is 0.328 e. The molecular formula is C46H59N8O11-. The van der Waals surface area contributed by atoms with Gasteiger partial charge in [-0.2, -0.15) is 0 Å². The van der Waals surface area contributed by atoms with Crippen LogP contribution in [0.15, 0.2) is 70.7 Å². The van der Waals surface area contributed by atoms with Crippen molar-refractivity contribution < 1.29 is 53.2 Å². The monoisotopic (exact) mass is 899 g/mol. The minimum absolute atomic E-state index is 0.0174. The first-order valence-electron chi connectivity index (χ1n) is 22.0. The van der Waals surface area contributed by atoms with Gasteiger partial charge in [-0.25, -0.2) is 4.79 Å². The molecule has 0 bridgehead atoms. The third-order valence-electron chi connectivity index (χ3n) is 11.9. The minimum atomic E-state index is -1.33. The molecule has 2 heterocycles. The molecule has 4 amide bonds. The molecule has 1 aliphatic carbocycles. The highest BCUT2D eigenvalue weighted by Gasteiger charge is 2.39. The zero-order valence-corrected chi connectivity index (χ0v) is 36.7. The average molecular weight is 900 g/mol. The number of ketones is 1. The molecule has 0 aromatic heterocycles. The number of hydrogen-bond donors (Lipinski definition) is 6. The first-order valence-corrected chi connectivity index (χ1v) is 22.0. The molecule has 2 fully saturated rings. The number of aliphatic carboxylic acids is 1. The number of Topliss-reactive ketones (excluding diaryl/α,β-unsaturated/α-hetero) is 1. The fourth-order valence-electron chi connectivity index (χ4n) is 8.58. The number of carboxylic acid groups (broad SMARTS) is 1. The number of methoxy groups -OCH3 is 1. The maximum absolute atomic E-state index is 14.4. The maximum Gasteiger partial charge on any atom is 0.328 e. The lowest BCUT2D eigenvalue weighted by Gasteiger charge is -2.29. The number of nitrogens with one attached hydrogen (secondary N) is 3. The third-order valence-corrected chi connectivity index (χ3v) is 11.9. The number of rotatable bonds is 14. The van der Waals surface area contributed by atoms with Crippen molar-refractivity contribution in [3.05, 3.63) is 71.8 Å². The number of hydrogen-bond acceptors (Lipinski definition) is 12. The van der Waals surface area contributed by atoms with Crippen LogP contribution < -0.4 is 32.5 Å². The molecule has 1 unspecified atom stereocenters. The summed E-state index contributed by atoms with van der Waals surface area (Å²) in [6.45, 7) is 1.49. The number of esters is 1. The van der Waals surface area contributed by atoms with Crippen LogP contribution in [0.25, 0.3) is 11.1 Å². The number of ether oxygens (including phenoxy) is 2. The number of carbonyl (C=O) groups is 7. The van der Waals surface area contributed by atoms with Gasteiger partial charge in [0.1, 0.15) is 30.3 Å². The SMILES string of the molecule is COC(=O)[C@H](C/C=C/C[C@@H]1NC(=O)C2CCCN2C(=O)[C@@H](N=C([O-])OCC2c3ccccc3-c3ccccc32)CCCC[C@@H](C(=O)O)CC(=O)[C@H](CCCN=C(N)N)NC1=O)NC(C)=O. The lowest BCUT2D eigenvalue weighted by atomic mass is 9.91. The highest BCUT2D eigenvalue weighted by Crippen LogP contribution is 2.44. The number of fused-ring (bicyclic) bond motifs is 4. The van der Waals surface area contributed by atoms with Gasteiger partial charge < -0.3 is 52.0 Å². The molecule has 8 N–H and O–H groups in total. The van der Waals surface area contributed by atoms with E-state index in [0.29, 0.717) is 6.42 Å². The van der Waals surface area contributed by atoms with Gasteiger partial charge in [-0.1, -0.05) is 73.5 Å². The standard InChI is InChI=1S/C46H60N8O11/c1-27(55)50-37(44(62)64-2)20-10-9-18-35-40(57)51-34(21-11-23-49-45(47)48)39(56)25-28(43(60)61)13-3-8-19-36(42(59)54-24-12-22-38(54)41(58)52-35)53-46(63)65-26-33-31-16-6-4-14-29(31)30-15-5-7-17-32(30)33/h4-7,9-10,14-17,28,33-38H,3,8,11-13,18-26H2,1-2H3,(H,50,55)(H,51,57)(H,52,58)(H,53,63)(H,60,61)(H4,47,48,49)/p-1/b10-9+/t28-,34+,35+,36+,37+,38?/m1/s1. The van der Waals surface area contributed by atoms with E-state index in [2.05, 4.69) is 25.9 Å². The second-order valence-corrected chi connectivity index (χ2v) is 16.4. The number of nitrogens with zero attached hydrogens (tertiary/aromatic N) is 3. The molecule has 3 aliphatic rings. The van der Waals surface area contributed by atoms with Crippen LogP contribution in [-0.4, -0.2) is 120 Å². The van der Waals surface area contributed by atoms with E-state index in [4.69, 9.17) is 20.9 Å². The Kier molecular flexibility index (Phi) is 18.0. The normalized spacial score (nSPS) is 22.7. The van der Waals surface area contributed by atoms with Gasteiger partial charge >= 0.3 is 11.9 Å². The van der Waals surface area contributed by atoms with Crippen molar-refractivity contribution >= 4 is 53.4 Å². The minimum Gasteiger partial charge on any atom is -0.599 e. The molecule has 2 aromatic rings. The van der Waals surface area contributed by atoms with E-state index < -0.39 is 90.0 Å². The molecule has 19 nitrogen and oxygen atoms in total. The predicted octanol–water partition coefficient (Wildman–Crippen LogP) is 1.16. The first kappa shape index (κ1) is 49.2. The third kappa shape index (κ3) is 13.6. The maximum atomic E-state index is 14.4. The summed E-state index contributed by atoms with van der Waals surface area (Å²) in [6, 6.07) is 9.81. The van der Waals surface area contributed by atoms with Crippen molar-refractivity contribution in [2.45, 2.75) is 114 Å². The Morgan fingerprint density at radius 2 is 1.60 bits per heavy atom. The molecule has 5 rings (SSSR count). The van der Waals surface area contributed by atoms with Crippen LogP contribution in [0.2, 0.25) is 0 Å². The van der Waals surface area contributed by atoms with E-state index in [9.17, 15) is 43.8 Å². The van der Waals surface area contributed by atoms with Crippen LogP contribution in [0.5, 0.6) is 0 Å². The molecule has 0 saturated carbocycles. The van der Waals surface area contributed by atoms with Crippen molar-refractivity contribution in [3.63, 3.8) is 0 Å². The van der Waals surface area contributed by atoms with E-state index in [1.165, 1.54) is 31.1 Å². The van der Waals surface area contributed by atoms with E-state index in [1.807, 2.05) is 48.5 Å². The quantitative estimate of drug-likeness (QED) is 0.0511. The molecule has 350 valence electrons. The van der Waals surface area contributed by atoms with Gasteiger partial charge in [-0.15, -0.1) is 0 Å². The summed E-state index contributed by atoms with van der Waals surface area (Å²) in [5.74, 6) is -6.57. The highest BCUT2D eigenvalue weighted by molar-refractivity contribution is 5.96. The molecule has 2 aromatic carbocycles. The lowest BCUT2D eigenvalue weighted by Crippen LogP contribution is -2.56. The average Bonchev–Trinajstić information content (AvgIpc) is 3.90. The Morgan fingerprint density at radius 1 is 0.938 bits per heavy atom. The topological polar surface area (TPSA) is 297 Å². The predicted molar refractivity (Wildman–Crippen MR) is 237 cm³/mol. The molecule has 0 radical (unpaired) electrons. The number of aliphatic imine (C=N–C) groups is 2. The number of amides is 4. The summed E-state index contributed by atoms with van der Waals surface area (Å²) < 4.78 is 10.5. The summed E-state index contributed by atoms with van der Waals surface area (Å²) in [5.41, 5.74) is 15.0. The Morgan fingerprint density at radius 3 is 2.25 bits per heavy atom. The van der Waals surface area contributed by atoms with Gasteiger partial charge in [0.05, 0.1) is 19.1 Å². The van der Waals surface area contributed by atoms with Crippen LogP contribution in [0.3, 0.4) is 0 Å². The second kappa shape index (κ2) is 23.8. The van der Waals surface area contributed by atoms with E-state index in [0.717, 1.165) is 22.3 Å². The Labute approximate surface area is 377 Å². The zero-order valence-electron chi connectivity index (χ0n) is 36.7. The first-order chi connectivity index (χ1) is 31.2. The van der Waals surface area contributed by atoms with Gasteiger partial charge in [-0.05, 0) is 73.6 Å². The second-order valence-electron chi connectivity index (χ2n) is 16.4.